The van der Waals surface area contributed by atoms with Gasteiger partial charge in [-0.25, -0.2) is 0 Å². The summed E-state index contributed by atoms with van der Waals surface area (Å²) in [5.74, 6) is 0. The fourth-order valence-corrected chi connectivity index (χ4v) is 0.155. The lowest BCUT2D eigenvalue weighted by atomic mass is 10.8. The zero-order valence-electron chi connectivity index (χ0n) is 4.46. The van der Waals surface area contributed by atoms with Gasteiger partial charge in [0.15, 0.2) is 0 Å². The third-order valence-electron chi connectivity index (χ3n) is 0.382. The molecule has 0 saturated carbocycles. The van der Waals surface area contributed by atoms with E-state index in [9.17, 15) is 0 Å². The predicted octanol–water partition coefficient (Wildman–Crippen LogP) is 0.319. The van der Waals surface area contributed by atoms with Crippen LogP contribution in [-0.4, -0.2) is 26.6 Å². The van der Waals surface area contributed by atoms with E-state index >= 15 is 0 Å². The molecule has 0 aliphatic heterocycles. The maximum absolute atomic E-state index is 4.32. The standard InChI is InChI=1S/C4H8N2O/c1-5-3-4-6-7-2/h3-4H,1-2H3. The molecule has 3 nitrogen and oxygen atoms in total. The van der Waals surface area contributed by atoms with E-state index < -0.39 is 0 Å². The molecule has 0 rings (SSSR count). The molecule has 0 amide bonds. The molecule has 0 saturated heterocycles. The summed E-state index contributed by atoms with van der Waals surface area (Å²) in [6.07, 6.45) is 3.02. The summed E-state index contributed by atoms with van der Waals surface area (Å²) in [7, 11) is 3.15. The van der Waals surface area contributed by atoms with Crippen LogP contribution in [0.2, 0.25) is 0 Å². The highest BCUT2D eigenvalue weighted by Gasteiger charge is 1.57. The quantitative estimate of drug-likeness (QED) is 0.363. The Balaban J connectivity index is 3.09. The second-order valence-electron chi connectivity index (χ2n) is 0.844. The van der Waals surface area contributed by atoms with Gasteiger partial charge in [-0.05, 0) is 0 Å². The molecule has 0 aliphatic rings. The fraction of sp³-hybridized carbons (Fsp3) is 0.500. The number of rotatable bonds is 2. The van der Waals surface area contributed by atoms with Gasteiger partial charge in [0, 0.05) is 13.3 Å². The lowest BCUT2D eigenvalue weighted by Gasteiger charge is -1.77. The first-order chi connectivity index (χ1) is 3.41. The van der Waals surface area contributed by atoms with Crippen LogP contribution in [0.15, 0.2) is 10.1 Å². The first-order valence-electron chi connectivity index (χ1n) is 1.89. The van der Waals surface area contributed by atoms with Crippen molar-refractivity contribution in [3.05, 3.63) is 0 Å². The Bertz CT molecular complexity index is 77.8. The van der Waals surface area contributed by atoms with E-state index in [-0.39, 0.29) is 0 Å². The van der Waals surface area contributed by atoms with Crippen LogP contribution in [0, 0.1) is 0 Å². The number of oxime groups is 1. The van der Waals surface area contributed by atoms with Gasteiger partial charge in [-0.1, -0.05) is 5.16 Å². The molecule has 0 aromatic rings. The molecule has 0 spiro atoms. The summed E-state index contributed by atoms with van der Waals surface area (Å²) in [5, 5.41) is 3.39. The van der Waals surface area contributed by atoms with E-state index in [0.717, 1.165) is 0 Å². The monoisotopic (exact) mass is 100 g/mol. The van der Waals surface area contributed by atoms with Crippen LogP contribution in [0.3, 0.4) is 0 Å². The third-order valence-corrected chi connectivity index (χ3v) is 0.382. The summed E-state index contributed by atoms with van der Waals surface area (Å²) in [6, 6.07) is 0. The van der Waals surface area contributed by atoms with E-state index in [1.165, 1.54) is 13.3 Å². The van der Waals surface area contributed by atoms with E-state index in [2.05, 4.69) is 15.0 Å². The maximum Gasteiger partial charge on any atom is 0.106 e. The molecule has 0 bridgehead atoms. The van der Waals surface area contributed by atoms with Gasteiger partial charge in [-0.3, -0.25) is 4.99 Å². The molecule has 0 radical (unpaired) electrons. The van der Waals surface area contributed by atoms with Gasteiger partial charge < -0.3 is 4.84 Å². The second kappa shape index (κ2) is 5.14. The topological polar surface area (TPSA) is 34.0 Å². The van der Waals surface area contributed by atoms with Crippen LogP contribution in [0.1, 0.15) is 0 Å². The lowest BCUT2D eigenvalue weighted by Crippen LogP contribution is -1.74. The molecule has 0 atom stereocenters. The second-order valence-corrected chi connectivity index (χ2v) is 0.844. The third kappa shape index (κ3) is 5.14. The summed E-state index contributed by atoms with van der Waals surface area (Å²) in [6.45, 7) is 0. The van der Waals surface area contributed by atoms with Crippen LogP contribution >= 0.6 is 0 Å². The molecule has 0 unspecified atom stereocenters. The highest BCUT2D eigenvalue weighted by Crippen LogP contribution is 1.58. The van der Waals surface area contributed by atoms with E-state index in [1.54, 1.807) is 13.3 Å². The number of hydrogen-bond acceptors (Lipinski definition) is 3. The Morgan fingerprint density at radius 2 is 2.14 bits per heavy atom. The average Bonchev–Trinajstić information content (AvgIpc) is 1.69. The summed E-state index contributed by atoms with van der Waals surface area (Å²) in [5.41, 5.74) is 0. The van der Waals surface area contributed by atoms with Gasteiger partial charge in [0.2, 0.25) is 0 Å². The largest absolute Gasteiger partial charge is 0.399 e. The molecule has 0 fully saturated rings. The van der Waals surface area contributed by atoms with E-state index in [4.69, 9.17) is 0 Å². The van der Waals surface area contributed by atoms with Crippen molar-refractivity contribution in [2.24, 2.45) is 10.1 Å². The average molecular weight is 100 g/mol. The molecule has 0 aromatic heterocycles. The molecular formula is C4H8N2O. The Labute approximate surface area is 42.7 Å². The smallest absolute Gasteiger partial charge is 0.106 e. The van der Waals surface area contributed by atoms with Crippen molar-refractivity contribution in [3.8, 4) is 0 Å². The zero-order valence-corrected chi connectivity index (χ0v) is 4.46. The molecule has 40 valence electrons. The first-order valence-corrected chi connectivity index (χ1v) is 1.89. The maximum atomic E-state index is 4.32. The summed E-state index contributed by atoms with van der Waals surface area (Å²) < 4.78 is 0. The van der Waals surface area contributed by atoms with Gasteiger partial charge >= 0.3 is 0 Å². The Morgan fingerprint density at radius 3 is 2.57 bits per heavy atom. The lowest BCUT2D eigenvalue weighted by molar-refractivity contribution is 0.216. The summed E-state index contributed by atoms with van der Waals surface area (Å²) >= 11 is 0. The van der Waals surface area contributed by atoms with Crippen LogP contribution < -0.4 is 0 Å². The van der Waals surface area contributed by atoms with Gasteiger partial charge in [0.1, 0.15) is 7.11 Å². The predicted molar refractivity (Wildman–Crippen MR) is 29.9 cm³/mol. The molecular weight excluding hydrogens is 92.1 g/mol. The fourth-order valence-electron chi connectivity index (χ4n) is 0.155. The Morgan fingerprint density at radius 1 is 1.43 bits per heavy atom. The normalized spacial score (nSPS) is 11.1. The van der Waals surface area contributed by atoms with Gasteiger partial charge in [-0.2, -0.15) is 0 Å². The molecule has 0 aliphatic carbocycles. The molecule has 7 heavy (non-hydrogen) atoms. The number of nitrogens with zero attached hydrogens (tertiary/aromatic N) is 2. The number of hydrogen-bond donors (Lipinski definition) is 0. The van der Waals surface area contributed by atoms with Crippen molar-refractivity contribution < 1.29 is 4.84 Å². The highest BCUT2D eigenvalue weighted by molar-refractivity contribution is 6.15. The minimum atomic E-state index is 1.47. The van der Waals surface area contributed by atoms with Crippen LogP contribution in [-0.2, 0) is 4.84 Å². The molecule has 0 N–H and O–H groups in total. The zero-order chi connectivity index (χ0) is 5.54. The minimum Gasteiger partial charge on any atom is -0.399 e. The van der Waals surface area contributed by atoms with Gasteiger partial charge in [0.05, 0.1) is 6.21 Å². The van der Waals surface area contributed by atoms with Crippen molar-refractivity contribution in [2.75, 3.05) is 14.2 Å². The first kappa shape index (κ1) is 6.14. The SMILES string of the molecule is CN=CC=NOC. The Kier molecular flexibility index (Phi) is 4.51. The highest BCUT2D eigenvalue weighted by atomic mass is 16.6. The minimum absolute atomic E-state index is 1.47. The van der Waals surface area contributed by atoms with E-state index in [1.807, 2.05) is 0 Å². The van der Waals surface area contributed by atoms with Gasteiger partial charge in [-0.15, -0.1) is 0 Å². The summed E-state index contributed by atoms with van der Waals surface area (Å²) in [4.78, 5) is 7.94. The van der Waals surface area contributed by atoms with Crippen LogP contribution in [0.5, 0.6) is 0 Å². The van der Waals surface area contributed by atoms with Crippen LogP contribution in [0.25, 0.3) is 0 Å². The molecule has 3 heteroatoms. The van der Waals surface area contributed by atoms with Crippen molar-refractivity contribution in [1.29, 1.82) is 0 Å². The molecule has 0 aromatic carbocycles. The van der Waals surface area contributed by atoms with Crippen molar-refractivity contribution in [1.82, 2.24) is 0 Å². The van der Waals surface area contributed by atoms with Crippen molar-refractivity contribution in [2.45, 2.75) is 0 Å². The molecule has 0 heterocycles. The number of aliphatic imine (C=N–C) groups is 1. The van der Waals surface area contributed by atoms with E-state index in [0.29, 0.717) is 0 Å². The van der Waals surface area contributed by atoms with Gasteiger partial charge in [0.25, 0.3) is 0 Å². The van der Waals surface area contributed by atoms with Crippen molar-refractivity contribution >= 4 is 12.4 Å². The van der Waals surface area contributed by atoms with Crippen molar-refractivity contribution in [3.63, 3.8) is 0 Å². The van der Waals surface area contributed by atoms with Crippen LogP contribution in [0.4, 0.5) is 0 Å². The Hall–Kier alpha value is -0.860.